The lowest BCUT2D eigenvalue weighted by Crippen LogP contribution is -2.50. The third-order valence-corrected chi connectivity index (χ3v) is 5.45. The molecule has 1 N–H and O–H groups in total. The predicted octanol–water partition coefficient (Wildman–Crippen LogP) is 3.39. The summed E-state index contributed by atoms with van der Waals surface area (Å²) in [5, 5.41) is 3.53. The molecule has 0 radical (unpaired) electrons. The fraction of sp³-hybridized carbons (Fsp3) is 0.444. The average molecular weight is 471 g/mol. The minimum Gasteiger partial charge on any atom is -0.352 e. The van der Waals surface area contributed by atoms with Gasteiger partial charge in [0.05, 0.1) is 12.0 Å². The lowest BCUT2D eigenvalue weighted by Gasteiger charge is -2.39. The van der Waals surface area contributed by atoms with Crippen LogP contribution in [0, 0.1) is 0 Å². The molecule has 2 heterocycles. The Labute approximate surface area is 171 Å². The zero-order valence-corrected chi connectivity index (χ0v) is 18.1. The monoisotopic (exact) mass is 471 g/mol. The van der Waals surface area contributed by atoms with E-state index in [4.69, 9.17) is 0 Å². The number of benzene rings is 1. The predicted molar refractivity (Wildman–Crippen MR) is 117 cm³/mol. The van der Waals surface area contributed by atoms with Gasteiger partial charge < -0.3 is 14.8 Å². The van der Waals surface area contributed by atoms with Crippen LogP contribution in [0.1, 0.15) is 19.4 Å². The Hall–Kier alpha value is -1.22. The highest BCUT2D eigenvalue weighted by atomic mass is 127. The smallest absolute Gasteiger partial charge is 0.193 e. The molecule has 0 unspecified atom stereocenters. The van der Waals surface area contributed by atoms with Crippen molar-refractivity contribution in [2.75, 3.05) is 25.9 Å². The Balaban J connectivity index is 0.00000225. The van der Waals surface area contributed by atoms with E-state index in [0.29, 0.717) is 0 Å². The van der Waals surface area contributed by atoms with Crippen molar-refractivity contribution in [2.24, 2.45) is 4.99 Å². The van der Waals surface area contributed by atoms with Crippen molar-refractivity contribution in [3.63, 3.8) is 0 Å². The number of hydrogen-bond acceptors (Lipinski definition) is 3. The second-order valence-electron chi connectivity index (χ2n) is 6.53. The molecule has 5 nitrogen and oxygen atoms in total. The van der Waals surface area contributed by atoms with Crippen molar-refractivity contribution in [1.82, 2.24) is 19.8 Å². The number of thioether (sulfide) groups is 1. The molecule has 1 aliphatic rings. The summed E-state index contributed by atoms with van der Waals surface area (Å²) in [7, 11) is 1.86. The molecule has 0 saturated carbocycles. The minimum atomic E-state index is 0. The van der Waals surface area contributed by atoms with Crippen LogP contribution in [-0.4, -0.2) is 51.0 Å². The molecule has 1 aromatic heterocycles. The van der Waals surface area contributed by atoms with E-state index < -0.39 is 0 Å². The van der Waals surface area contributed by atoms with Crippen LogP contribution in [0.2, 0.25) is 0 Å². The summed E-state index contributed by atoms with van der Waals surface area (Å²) in [6.45, 7) is 7.39. The molecule has 25 heavy (non-hydrogen) atoms. The first-order valence-electron chi connectivity index (χ1n) is 8.25. The summed E-state index contributed by atoms with van der Waals surface area (Å²) < 4.78 is 2.31. The molecular weight excluding hydrogens is 445 g/mol. The zero-order chi connectivity index (χ0) is 17.0. The van der Waals surface area contributed by atoms with Crippen LogP contribution >= 0.6 is 35.7 Å². The molecule has 1 saturated heterocycles. The van der Waals surface area contributed by atoms with E-state index >= 15 is 0 Å². The van der Waals surface area contributed by atoms with Crippen LogP contribution in [-0.2, 0) is 6.54 Å². The van der Waals surface area contributed by atoms with Crippen molar-refractivity contribution >= 4 is 41.7 Å². The number of aromatic nitrogens is 2. The number of nitrogens with one attached hydrogen (secondary N) is 1. The highest BCUT2D eigenvalue weighted by Crippen LogP contribution is 2.29. The van der Waals surface area contributed by atoms with Gasteiger partial charge >= 0.3 is 0 Å². The van der Waals surface area contributed by atoms with Crippen LogP contribution in [0.25, 0.3) is 5.69 Å². The van der Waals surface area contributed by atoms with Gasteiger partial charge in [0.1, 0.15) is 0 Å². The molecule has 0 spiro atoms. The van der Waals surface area contributed by atoms with Gasteiger partial charge in [0.25, 0.3) is 0 Å². The second-order valence-corrected chi connectivity index (χ2v) is 8.33. The molecule has 0 aliphatic carbocycles. The van der Waals surface area contributed by atoms with Crippen molar-refractivity contribution in [2.45, 2.75) is 25.1 Å². The third kappa shape index (κ3) is 5.13. The van der Waals surface area contributed by atoms with Gasteiger partial charge in [-0.25, -0.2) is 4.98 Å². The zero-order valence-electron chi connectivity index (χ0n) is 15.0. The SMILES string of the molecule is CN=C(NCc1ccccc1-n1ccnc1)N1CCSC(C)(C)C1.I. The van der Waals surface area contributed by atoms with Crippen LogP contribution in [0.3, 0.4) is 0 Å². The van der Waals surface area contributed by atoms with Crippen LogP contribution in [0.5, 0.6) is 0 Å². The van der Waals surface area contributed by atoms with Gasteiger partial charge in [-0.1, -0.05) is 18.2 Å². The molecule has 7 heteroatoms. The Morgan fingerprint density at radius 3 is 2.84 bits per heavy atom. The van der Waals surface area contributed by atoms with E-state index in [-0.39, 0.29) is 28.7 Å². The fourth-order valence-corrected chi connectivity index (χ4v) is 4.13. The molecular formula is C18H26IN5S. The van der Waals surface area contributed by atoms with E-state index in [1.807, 2.05) is 35.9 Å². The van der Waals surface area contributed by atoms with Crippen molar-refractivity contribution in [3.8, 4) is 5.69 Å². The maximum absolute atomic E-state index is 4.49. The summed E-state index contributed by atoms with van der Waals surface area (Å²) in [5.41, 5.74) is 2.37. The van der Waals surface area contributed by atoms with Gasteiger partial charge in [0, 0.05) is 49.6 Å². The molecule has 2 aromatic rings. The van der Waals surface area contributed by atoms with E-state index in [2.05, 4.69) is 58.3 Å². The minimum absolute atomic E-state index is 0. The van der Waals surface area contributed by atoms with Gasteiger partial charge in [-0.05, 0) is 25.5 Å². The molecule has 3 rings (SSSR count). The number of para-hydroxylation sites is 1. The molecule has 1 fully saturated rings. The summed E-state index contributed by atoms with van der Waals surface area (Å²) in [6, 6.07) is 8.38. The average Bonchev–Trinajstić information content (AvgIpc) is 3.09. The summed E-state index contributed by atoms with van der Waals surface area (Å²) in [5.74, 6) is 2.11. The van der Waals surface area contributed by atoms with Gasteiger partial charge in [0.2, 0.25) is 0 Å². The number of hydrogen-bond donors (Lipinski definition) is 1. The van der Waals surface area contributed by atoms with Gasteiger partial charge in [-0.3, -0.25) is 4.99 Å². The van der Waals surface area contributed by atoms with Crippen LogP contribution < -0.4 is 5.32 Å². The second kappa shape index (κ2) is 8.93. The van der Waals surface area contributed by atoms with Crippen molar-refractivity contribution in [3.05, 3.63) is 48.5 Å². The lowest BCUT2D eigenvalue weighted by molar-refractivity contribution is 0.375. The van der Waals surface area contributed by atoms with Crippen LogP contribution in [0.15, 0.2) is 48.0 Å². The summed E-state index contributed by atoms with van der Waals surface area (Å²) in [4.78, 5) is 11.0. The molecule has 0 atom stereocenters. The topological polar surface area (TPSA) is 45.5 Å². The first-order valence-corrected chi connectivity index (χ1v) is 9.23. The van der Waals surface area contributed by atoms with E-state index in [9.17, 15) is 0 Å². The quantitative estimate of drug-likeness (QED) is 0.424. The molecule has 136 valence electrons. The summed E-state index contributed by atoms with van der Waals surface area (Å²) in [6.07, 6.45) is 5.60. The molecule has 0 amide bonds. The molecule has 1 aromatic carbocycles. The lowest BCUT2D eigenvalue weighted by atomic mass is 10.1. The van der Waals surface area contributed by atoms with E-state index in [0.717, 1.165) is 37.0 Å². The van der Waals surface area contributed by atoms with Gasteiger partial charge in [-0.15, -0.1) is 24.0 Å². The van der Waals surface area contributed by atoms with E-state index in [1.165, 1.54) is 5.56 Å². The van der Waals surface area contributed by atoms with Crippen LogP contribution in [0.4, 0.5) is 0 Å². The molecule has 0 bridgehead atoms. The third-order valence-electron chi connectivity index (χ3n) is 4.15. The highest BCUT2D eigenvalue weighted by molar-refractivity contribution is 14.0. The fourth-order valence-electron chi connectivity index (χ4n) is 3.02. The number of guanidine groups is 1. The molecule has 1 aliphatic heterocycles. The number of rotatable bonds is 3. The number of aliphatic imine (C=N–C) groups is 1. The number of nitrogens with zero attached hydrogens (tertiary/aromatic N) is 4. The number of imidazole rings is 1. The van der Waals surface area contributed by atoms with Crippen molar-refractivity contribution in [1.29, 1.82) is 0 Å². The maximum Gasteiger partial charge on any atom is 0.193 e. The normalized spacial score (nSPS) is 17.1. The first-order chi connectivity index (χ1) is 11.6. The van der Waals surface area contributed by atoms with Crippen molar-refractivity contribution < 1.29 is 0 Å². The Morgan fingerprint density at radius 2 is 2.16 bits per heavy atom. The standard InChI is InChI=1S/C18H25N5S.HI/c1-18(2)13-22(10-11-24-18)17(19-3)21-12-15-6-4-5-7-16(15)23-9-8-20-14-23;/h4-9,14H,10-13H2,1-3H3,(H,19,21);1H. The Kier molecular flexibility index (Phi) is 7.18. The first kappa shape index (κ1) is 20.1. The maximum atomic E-state index is 4.49. The highest BCUT2D eigenvalue weighted by Gasteiger charge is 2.28. The van der Waals surface area contributed by atoms with E-state index in [1.54, 1.807) is 6.20 Å². The van der Waals surface area contributed by atoms with Gasteiger partial charge in [0.15, 0.2) is 5.96 Å². The Morgan fingerprint density at radius 1 is 1.36 bits per heavy atom. The largest absolute Gasteiger partial charge is 0.352 e. The van der Waals surface area contributed by atoms with Gasteiger partial charge in [-0.2, -0.15) is 11.8 Å². The summed E-state index contributed by atoms with van der Waals surface area (Å²) >= 11 is 2.03. The number of halogens is 1. The Bertz CT molecular complexity index is 699.